The smallest absolute Gasteiger partial charge is 0.243 e. The van der Waals surface area contributed by atoms with Crippen molar-refractivity contribution in [2.24, 2.45) is 11.3 Å². The molecule has 10 heteroatoms. The highest BCUT2D eigenvalue weighted by Gasteiger charge is 2.45. The average molecular weight is 411 g/mol. The summed E-state index contributed by atoms with van der Waals surface area (Å²) in [6, 6.07) is 3.64. The van der Waals surface area contributed by atoms with Crippen LogP contribution in [0.2, 0.25) is 0 Å². The fourth-order valence-electron chi connectivity index (χ4n) is 3.41. The molecule has 0 aromatic rings. The summed E-state index contributed by atoms with van der Waals surface area (Å²) in [7, 11) is -3.10. The first-order valence-electron chi connectivity index (χ1n) is 8.55. The molecule has 0 bridgehead atoms. The molecular formula is C17H22N4O4S2. The van der Waals surface area contributed by atoms with Crippen LogP contribution in [0.1, 0.15) is 27.2 Å². The molecule has 2 heterocycles. The molecule has 0 aliphatic carbocycles. The zero-order valence-electron chi connectivity index (χ0n) is 15.5. The summed E-state index contributed by atoms with van der Waals surface area (Å²) >= 11 is 1.03. The number of rotatable bonds is 5. The molecule has 0 unspecified atom stereocenters. The van der Waals surface area contributed by atoms with Crippen LogP contribution < -0.4 is 5.32 Å². The van der Waals surface area contributed by atoms with E-state index in [1.807, 2.05) is 6.07 Å². The Hall–Kier alpha value is -2.04. The summed E-state index contributed by atoms with van der Waals surface area (Å²) in [5.74, 6) is -1.70. The topological polar surface area (TPSA) is 131 Å². The van der Waals surface area contributed by atoms with Gasteiger partial charge in [-0.2, -0.15) is 10.5 Å². The lowest BCUT2D eigenvalue weighted by Gasteiger charge is -2.34. The van der Waals surface area contributed by atoms with E-state index in [9.17, 15) is 28.5 Å². The number of carbonyl (C=O) groups excluding carboxylic acids is 2. The number of nitrogens with one attached hydrogen (secondary N) is 1. The lowest BCUT2D eigenvalue weighted by molar-refractivity contribution is -0.130. The molecule has 0 aromatic heterocycles. The van der Waals surface area contributed by atoms with E-state index < -0.39 is 27.1 Å². The highest BCUT2D eigenvalue weighted by atomic mass is 32.2. The van der Waals surface area contributed by atoms with Crippen molar-refractivity contribution in [3.63, 3.8) is 0 Å². The van der Waals surface area contributed by atoms with E-state index in [1.165, 1.54) is 4.90 Å². The van der Waals surface area contributed by atoms with Crippen LogP contribution in [0.5, 0.6) is 0 Å². The molecule has 0 radical (unpaired) electrons. The minimum Gasteiger partial charge on any atom is -0.338 e. The Bertz CT molecular complexity index is 864. The molecule has 8 nitrogen and oxygen atoms in total. The lowest BCUT2D eigenvalue weighted by atomic mass is 9.72. The first kappa shape index (κ1) is 21.3. The van der Waals surface area contributed by atoms with Gasteiger partial charge in [-0.15, -0.1) is 0 Å². The largest absolute Gasteiger partial charge is 0.338 e. The van der Waals surface area contributed by atoms with Crippen molar-refractivity contribution in [1.29, 1.82) is 10.5 Å². The molecule has 2 rings (SSSR count). The second kappa shape index (κ2) is 7.91. The van der Waals surface area contributed by atoms with Crippen molar-refractivity contribution in [3.8, 4) is 12.1 Å². The molecule has 0 saturated carbocycles. The summed E-state index contributed by atoms with van der Waals surface area (Å²) in [4.78, 5) is 26.3. The maximum absolute atomic E-state index is 12.6. The van der Waals surface area contributed by atoms with Gasteiger partial charge in [0.25, 0.3) is 0 Å². The highest BCUT2D eigenvalue weighted by molar-refractivity contribution is 8.03. The van der Waals surface area contributed by atoms with Crippen molar-refractivity contribution < 1.29 is 18.0 Å². The van der Waals surface area contributed by atoms with Gasteiger partial charge in [0.1, 0.15) is 5.92 Å². The van der Waals surface area contributed by atoms with Crippen molar-refractivity contribution in [2.75, 3.05) is 23.8 Å². The van der Waals surface area contributed by atoms with Gasteiger partial charge < -0.3 is 10.2 Å². The van der Waals surface area contributed by atoms with Gasteiger partial charge in [-0.25, -0.2) is 8.42 Å². The Morgan fingerprint density at radius 2 is 2.07 bits per heavy atom. The van der Waals surface area contributed by atoms with Crippen molar-refractivity contribution >= 4 is 33.4 Å². The number of sulfone groups is 1. The van der Waals surface area contributed by atoms with E-state index in [0.717, 1.165) is 11.8 Å². The molecule has 1 N–H and O–H groups in total. The zero-order valence-corrected chi connectivity index (χ0v) is 17.1. The van der Waals surface area contributed by atoms with Gasteiger partial charge in [-0.1, -0.05) is 25.6 Å². The summed E-state index contributed by atoms with van der Waals surface area (Å²) in [5, 5.41) is 21.6. The molecule has 27 heavy (non-hydrogen) atoms. The van der Waals surface area contributed by atoms with Crippen molar-refractivity contribution in [1.82, 2.24) is 10.2 Å². The van der Waals surface area contributed by atoms with Gasteiger partial charge in [0.15, 0.2) is 9.84 Å². The minimum atomic E-state index is -3.10. The van der Waals surface area contributed by atoms with Crippen LogP contribution in [-0.2, 0) is 19.4 Å². The Morgan fingerprint density at radius 3 is 2.56 bits per heavy atom. The van der Waals surface area contributed by atoms with Crippen LogP contribution in [0, 0.1) is 34.0 Å². The van der Waals surface area contributed by atoms with Gasteiger partial charge in [0.2, 0.25) is 11.8 Å². The van der Waals surface area contributed by atoms with Gasteiger partial charge >= 0.3 is 0 Å². The van der Waals surface area contributed by atoms with Gasteiger partial charge in [-0.05, 0) is 13.3 Å². The lowest BCUT2D eigenvalue weighted by Crippen LogP contribution is -2.45. The fourth-order valence-corrected chi connectivity index (χ4v) is 6.20. The molecule has 146 valence electrons. The number of amides is 2. The average Bonchev–Trinajstić information content (AvgIpc) is 2.92. The van der Waals surface area contributed by atoms with E-state index in [4.69, 9.17) is 0 Å². The second-order valence-corrected chi connectivity index (χ2v) is 10.3. The molecule has 0 spiro atoms. The summed E-state index contributed by atoms with van der Waals surface area (Å²) in [6.07, 6.45) is 0.423. The number of nitrogens with zero attached hydrogens (tertiary/aromatic N) is 3. The van der Waals surface area contributed by atoms with Gasteiger partial charge in [0, 0.05) is 18.0 Å². The Morgan fingerprint density at radius 1 is 1.41 bits per heavy atom. The molecule has 1 fully saturated rings. The van der Waals surface area contributed by atoms with Crippen molar-refractivity contribution in [3.05, 3.63) is 10.6 Å². The maximum atomic E-state index is 12.6. The SMILES string of the molecule is CCN(C(=O)CSC1=C(C#N)C(C)(C)[C@H](C#N)C(=O)N1)[C@@H]1CCS(=O)(=O)C1. The molecule has 2 aliphatic rings. The Kier molecular flexibility index (Phi) is 6.23. The van der Waals surface area contributed by atoms with Crippen LogP contribution in [0.4, 0.5) is 0 Å². The monoisotopic (exact) mass is 410 g/mol. The highest BCUT2D eigenvalue weighted by Crippen LogP contribution is 2.41. The van der Waals surface area contributed by atoms with E-state index >= 15 is 0 Å². The van der Waals surface area contributed by atoms with Crippen LogP contribution in [0.25, 0.3) is 0 Å². The third-order valence-corrected chi connectivity index (χ3v) is 7.72. The summed E-state index contributed by atoms with van der Waals surface area (Å²) in [5.41, 5.74) is -0.695. The number of hydrogen-bond acceptors (Lipinski definition) is 7. The van der Waals surface area contributed by atoms with Crippen LogP contribution >= 0.6 is 11.8 Å². The first-order chi connectivity index (χ1) is 12.6. The molecule has 2 atom stereocenters. The molecule has 1 saturated heterocycles. The number of thioether (sulfide) groups is 1. The summed E-state index contributed by atoms with van der Waals surface area (Å²) < 4.78 is 23.4. The number of carbonyl (C=O) groups is 2. The Balaban J connectivity index is 2.15. The van der Waals surface area contributed by atoms with E-state index in [1.54, 1.807) is 20.8 Å². The summed E-state index contributed by atoms with van der Waals surface area (Å²) in [6.45, 7) is 5.49. The van der Waals surface area contributed by atoms with E-state index in [0.29, 0.717) is 13.0 Å². The second-order valence-electron chi connectivity index (χ2n) is 7.11. The first-order valence-corrected chi connectivity index (χ1v) is 11.4. The van der Waals surface area contributed by atoms with Gasteiger partial charge in [0.05, 0.1) is 40.0 Å². The normalized spacial score (nSPS) is 26.0. The van der Waals surface area contributed by atoms with E-state index in [2.05, 4.69) is 11.4 Å². The minimum absolute atomic E-state index is 0.0293. The van der Waals surface area contributed by atoms with Crippen LogP contribution in [-0.4, -0.2) is 55.0 Å². The molecule has 0 aromatic carbocycles. The fraction of sp³-hybridized carbons (Fsp3) is 0.647. The number of nitriles is 2. The van der Waals surface area contributed by atoms with Gasteiger partial charge in [-0.3, -0.25) is 9.59 Å². The number of allylic oxidation sites excluding steroid dienone is 1. The molecule has 2 aliphatic heterocycles. The van der Waals surface area contributed by atoms with Crippen molar-refractivity contribution in [2.45, 2.75) is 33.2 Å². The third-order valence-electron chi connectivity index (χ3n) is 4.98. The standard InChI is InChI=1S/C17H22N4O4S2/c1-4-21(11-5-6-27(24,25)10-11)14(22)9-26-16-13(8-19)17(2,3)12(7-18)15(23)20-16/h11-12H,4-6,9-10H2,1-3H3,(H,20,23)/t11-,12-/m1/s1. The predicted octanol–water partition coefficient (Wildman–Crippen LogP) is 0.786. The van der Waals surface area contributed by atoms with Crippen LogP contribution in [0.15, 0.2) is 10.6 Å². The predicted molar refractivity (Wildman–Crippen MR) is 101 cm³/mol. The zero-order chi connectivity index (χ0) is 20.4. The molecule has 2 amide bonds. The quantitative estimate of drug-likeness (QED) is 0.708. The van der Waals surface area contributed by atoms with Crippen LogP contribution in [0.3, 0.4) is 0 Å². The number of hydrogen-bond donors (Lipinski definition) is 1. The molecular weight excluding hydrogens is 388 g/mol. The third kappa shape index (κ3) is 4.28. The maximum Gasteiger partial charge on any atom is 0.243 e. The van der Waals surface area contributed by atoms with E-state index in [-0.39, 0.29) is 39.8 Å². The Labute approximate surface area is 163 Å².